The molecule has 3 N–H and O–H groups in total. The van der Waals surface area contributed by atoms with Gasteiger partial charge in [0.1, 0.15) is 0 Å². The van der Waals surface area contributed by atoms with Crippen molar-refractivity contribution in [3.8, 4) is 0 Å². The van der Waals surface area contributed by atoms with Gasteiger partial charge < -0.3 is 5.73 Å². The number of nitrogen functional groups attached to an aromatic ring is 1. The summed E-state index contributed by atoms with van der Waals surface area (Å²) in [5.41, 5.74) is 8.09. The smallest absolute Gasteiger partial charge is 0.241 e. The van der Waals surface area contributed by atoms with Crippen LogP contribution < -0.4 is 10.5 Å². The predicted molar refractivity (Wildman–Crippen MR) is 83.8 cm³/mol. The summed E-state index contributed by atoms with van der Waals surface area (Å²) in [5, 5.41) is 0. The fourth-order valence-electron chi connectivity index (χ4n) is 1.72. The quantitative estimate of drug-likeness (QED) is 0.829. The molecular formula is C14H15BrN2O2S. The topological polar surface area (TPSA) is 72.2 Å². The SMILES string of the molecule is Cc1ccc(S(=O)(=O)NCc2ccc(N)cc2)c(Br)c1. The van der Waals surface area contributed by atoms with Gasteiger partial charge in [0, 0.05) is 16.7 Å². The second-order valence-corrected chi connectivity index (χ2v) is 7.09. The number of rotatable bonds is 4. The van der Waals surface area contributed by atoms with E-state index in [2.05, 4.69) is 20.7 Å². The minimum Gasteiger partial charge on any atom is -0.399 e. The largest absolute Gasteiger partial charge is 0.399 e. The van der Waals surface area contributed by atoms with Crippen LogP contribution in [0.25, 0.3) is 0 Å². The summed E-state index contributed by atoms with van der Waals surface area (Å²) in [4.78, 5) is 0.235. The Labute approximate surface area is 127 Å². The Morgan fingerprint density at radius 3 is 2.40 bits per heavy atom. The molecule has 0 aliphatic heterocycles. The Hall–Kier alpha value is -1.37. The number of nitrogens with one attached hydrogen (secondary N) is 1. The van der Waals surface area contributed by atoms with E-state index in [9.17, 15) is 8.42 Å². The van der Waals surface area contributed by atoms with Crippen molar-refractivity contribution in [1.29, 1.82) is 0 Å². The molecule has 2 aromatic rings. The van der Waals surface area contributed by atoms with Gasteiger partial charge in [0.25, 0.3) is 0 Å². The van der Waals surface area contributed by atoms with E-state index < -0.39 is 10.0 Å². The molecule has 2 aromatic carbocycles. The number of hydrogen-bond donors (Lipinski definition) is 2. The minimum absolute atomic E-state index is 0.225. The standard InChI is InChI=1S/C14H15BrN2O2S/c1-10-2-7-14(13(15)8-10)20(18,19)17-9-11-3-5-12(16)6-4-11/h2-8,17H,9,16H2,1H3. The van der Waals surface area contributed by atoms with Crippen LogP contribution in [-0.4, -0.2) is 8.42 Å². The van der Waals surface area contributed by atoms with Crippen molar-refractivity contribution in [1.82, 2.24) is 4.72 Å². The highest BCUT2D eigenvalue weighted by Gasteiger charge is 2.17. The van der Waals surface area contributed by atoms with Gasteiger partial charge in [-0.15, -0.1) is 0 Å². The van der Waals surface area contributed by atoms with Crippen LogP contribution in [-0.2, 0) is 16.6 Å². The first-order valence-corrected chi connectivity index (χ1v) is 8.26. The van der Waals surface area contributed by atoms with Gasteiger partial charge in [-0.05, 0) is 58.2 Å². The number of benzene rings is 2. The van der Waals surface area contributed by atoms with Crippen LogP contribution in [0, 0.1) is 6.92 Å². The number of aryl methyl sites for hydroxylation is 1. The zero-order valence-electron chi connectivity index (χ0n) is 10.9. The third-order valence-corrected chi connectivity index (χ3v) is 5.20. The van der Waals surface area contributed by atoms with Crippen LogP contribution in [0.1, 0.15) is 11.1 Å². The van der Waals surface area contributed by atoms with Crippen LogP contribution in [0.2, 0.25) is 0 Å². The molecule has 0 saturated carbocycles. The Bertz CT molecular complexity index is 712. The normalized spacial score (nSPS) is 11.5. The Morgan fingerprint density at radius 2 is 1.80 bits per heavy atom. The molecule has 0 aliphatic rings. The van der Waals surface area contributed by atoms with Crippen molar-refractivity contribution in [2.75, 3.05) is 5.73 Å². The molecule has 4 nitrogen and oxygen atoms in total. The zero-order valence-corrected chi connectivity index (χ0v) is 13.3. The Balaban J connectivity index is 2.17. The van der Waals surface area contributed by atoms with Gasteiger partial charge in [-0.3, -0.25) is 0 Å². The average Bonchev–Trinajstić information content (AvgIpc) is 2.37. The van der Waals surface area contributed by atoms with Crippen LogP contribution in [0.3, 0.4) is 0 Å². The molecule has 20 heavy (non-hydrogen) atoms. The maximum Gasteiger partial charge on any atom is 0.241 e. The summed E-state index contributed by atoms with van der Waals surface area (Å²) < 4.78 is 27.6. The van der Waals surface area contributed by atoms with Crippen molar-refractivity contribution in [3.63, 3.8) is 0 Å². The summed E-state index contributed by atoms with van der Waals surface area (Å²) >= 11 is 3.28. The maximum atomic E-state index is 12.2. The molecule has 2 rings (SSSR count). The van der Waals surface area contributed by atoms with E-state index in [-0.39, 0.29) is 11.4 Å². The summed E-state index contributed by atoms with van der Waals surface area (Å²) in [5.74, 6) is 0. The molecular weight excluding hydrogens is 340 g/mol. The number of anilines is 1. The third-order valence-electron chi connectivity index (χ3n) is 2.82. The lowest BCUT2D eigenvalue weighted by Crippen LogP contribution is -2.23. The van der Waals surface area contributed by atoms with E-state index in [0.717, 1.165) is 11.1 Å². The first-order chi connectivity index (χ1) is 9.38. The fraction of sp³-hybridized carbons (Fsp3) is 0.143. The molecule has 0 radical (unpaired) electrons. The number of sulfonamides is 1. The van der Waals surface area contributed by atoms with E-state index in [1.807, 2.05) is 6.92 Å². The van der Waals surface area contributed by atoms with Gasteiger partial charge in [-0.25, -0.2) is 13.1 Å². The molecule has 106 valence electrons. The van der Waals surface area contributed by atoms with Gasteiger partial charge in [0.2, 0.25) is 10.0 Å². The highest BCUT2D eigenvalue weighted by molar-refractivity contribution is 9.10. The predicted octanol–water partition coefficient (Wildman–Crippen LogP) is 2.82. The van der Waals surface area contributed by atoms with Gasteiger partial charge in [0.15, 0.2) is 0 Å². The monoisotopic (exact) mass is 354 g/mol. The lowest BCUT2D eigenvalue weighted by Gasteiger charge is -2.09. The van der Waals surface area contributed by atoms with E-state index in [0.29, 0.717) is 10.2 Å². The Morgan fingerprint density at radius 1 is 1.15 bits per heavy atom. The summed E-state index contributed by atoms with van der Waals surface area (Å²) in [6, 6.07) is 12.2. The minimum atomic E-state index is -3.54. The van der Waals surface area contributed by atoms with Crippen LogP contribution >= 0.6 is 15.9 Å². The second-order valence-electron chi connectivity index (χ2n) is 4.50. The van der Waals surface area contributed by atoms with E-state index in [1.165, 1.54) is 0 Å². The van der Waals surface area contributed by atoms with Crippen LogP contribution in [0.15, 0.2) is 51.8 Å². The highest BCUT2D eigenvalue weighted by atomic mass is 79.9. The molecule has 0 atom stereocenters. The molecule has 6 heteroatoms. The number of nitrogens with two attached hydrogens (primary N) is 1. The summed E-state index contributed by atoms with van der Waals surface area (Å²) in [7, 11) is -3.54. The highest BCUT2D eigenvalue weighted by Crippen LogP contribution is 2.23. The van der Waals surface area contributed by atoms with E-state index in [4.69, 9.17) is 5.73 Å². The van der Waals surface area contributed by atoms with E-state index in [1.54, 1.807) is 42.5 Å². The molecule has 0 unspecified atom stereocenters. The molecule has 0 fully saturated rings. The maximum absolute atomic E-state index is 12.2. The number of halogens is 1. The molecule has 0 saturated heterocycles. The molecule has 0 amide bonds. The third kappa shape index (κ3) is 3.59. The van der Waals surface area contributed by atoms with Gasteiger partial charge >= 0.3 is 0 Å². The second kappa shape index (κ2) is 5.95. The molecule has 0 aromatic heterocycles. The summed E-state index contributed by atoms with van der Waals surface area (Å²) in [6.45, 7) is 2.13. The van der Waals surface area contributed by atoms with Crippen molar-refractivity contribution in [2.24, 2.45) is 0 Å². The Kier molecular flexibility index (Phi) is 4.47. The average molecular weight is 355 g/mol. The van der Waals surface area contributed by atoms with Crippen molar-refractivity contribution in [2.45, 2.75) is 18.4 Å². The zero-order chi connectivity index (χ0) is 14.8. The first-order valence-electron chi connectivity index (χ1n) is 5.99. The molecule has 0 bridgehead atoms. The lowest BCUT2D eigenvalue weighted by molar-refractivity contribution is 0.581. The fourth-order valence-corrected chi connectivity index (χ4v) is 3.92. The molecule has 0 spiro atoms. The van der Waals surface area contributed by atoms with Crippen molar-refractivity contribution < 1.29 is 8.42 Å². The summed E-state index contributed by atoms with van der Waals surface area (Å²) in [6.07, 6.45) is 0. The van der Waals surface area contributed by atoms with Gasteiger partial charge in [0.05, 0.1) is 4.90 Å². The van der Waals surface area contributed by atoms with Gasteiger partial charge in [-0.1, -0.05) is 18.2 Å². The molecule has 0 aliphatic carbocycles. The van der Waals surface area contributed by atoms with Crippen molar-refractivity contribution >= 4 is 31.6 Å². The first kappa shape index (κ1) is 15.0. The van der Waals surface area contributed by atoms with Crippen molar-refractivity contribution in [3.05, 3.63) is 58.1 Å². The molecule has 0 heterocycles. The number of hydrogen-bond acceptors (Lipinski definition) is 3. The van der Waals surface area contributed by atoms with Crippen LogP contribution in [0.4, 0.5) is 5.69 Å². The van der Waals surface area contributed by atoms with Crippen LogP contribution in [0.5, 0.6) is 0 Å². The van der Waals surface area contributed by atoms with Gasteiger partial charge in [-0.2, -0.15) is 0 Å². The lowest BCUT2D eigenvalue weighted by atomic mass is 10.2. The van der Waals surface area contributed by atoms with E-state index >= 15 is 0 Å².